The third kappa shape index (κ3) is 5.81. The van der Waals surface area contributed by atoms with E-state index in [2.05, 4.69) is 10.3 Å². The van der Waals surface area contributed by atoms with Crippen LogP contribution < -0.4 is 15.5 Å². The van der Waals surface area contributed by atoms with E-state index in [0.717, 1.165) is 32.1 Å². The number of alkyl carbamates (subject to hydrolysis) is 1. The zero-order chi connectivity index (χ0) is 28.6. The summed E-state index contributed by atoms with van der Waals surface area (Å²) in [5.41, 5.74) is 0.516. The highest BCUT2D eigenvalue weighted by atomic mass is 16.6. The van der Waals surface area contributed by atoms with Crippen molar-refractivity contribution in [3.8, 4) is 5.88 Å². The molecule has 1 saturated heterocycles. The number of nitrogens with one attached hydrogen (secondary N) is 2. The minimum absolute atomic E-state index is 0.0691. The second-order valence-electron chi connectivity index (χ2n) is 12.3. The summed E-state index contributed by atoms with van der Waals surface area (Å²) in [4.78, 5) is 57.8. The van der Waals surface area contributed by atoms with Gasteiger partial charge in [0, 0.05) is 11.8 Å². The largest absolute Gasteiger partial charge is 0.473 e. The highest BCUT2D eigenvalue weighted by Gasteiger charge is 2.47. The summed E-state index contributed by atoms with van der Waals surface area (Å²) in [6, 6.07) is 5.50. The molecule has 3 heterocycles. The summed E-state index contributed by atoms with van der Waals surface area (Å²) in [6.45, 7) is 5.65. The van der Waals surface area contributed by atoms with Crippen molar-refractivity contribution in [2.45, 2.75) is 90.0 Å². The molecule has 2 fully saturated rings. The maximum Gasteiger partial charge on any atom is 0.408 e. The van der Waals surface area contributed by atoms with Crippen LogP contribution in [0.4, 0.5) is 4.79 Å². The van der Waals surface area contributed by atoms with Crippen molar-refractivity contribution in [1.82, 2.24) is 15.2 Å². The van der Waals surface area contributed by atoms with Gasteiger partial charge in [-0.3, -0.25) is 9.59 Å². The standard InChI is InChI=1S/C30H39N3O7/c1-30(2,3)25-27(35)33-16-18(15-22(33)28(36)38-4)39-26-20(24(34)19-11-8-9-13-21(19)31-26)12-7-5-6-10-17-14-23(17)40-29(37)32-25/h8-9,11,13,17-18,22-23,25H,5-7,10,12,14-16H2,1-4H3,(H,31,34)(H,32,37)/t17?,18-,22+,23-,25-/m1/s1. The number of benzene rings is 1. The summed E-state index contributed by atoms with van der Waals surface area (Å²) in [5, 5.41) is 3.38. The number of H-pyrrole nitrogens is 1. The zero-order valence-electron chi connectivity index (χ0n) is 23.7. The fraction of sp³-hybridized carbons (Fsp3) is 0.600. The van der Waals surface area contributed by atoms with Crippen molar-refractivity contribution in [3.05, 3.63) is 40.1 Å². The number of hydrogen-bond donors (Lipinski definition) is 2. The van der Waals surface area contributed by atoms with Gasteiger partial charge in [-0.1, -0.05) is 45.7 Å². The summed E-state index contributed by atoms with van der Waals surface area (Å²) in [5.74, 6) is -0.288. The number of carbonyl (C=O) groups excluding carboxylic acids is 3. The first-order valence-electron chi connectivity index (χ1n) is 14.2. The summed E-state index contributed by atoms with van der Waals surface area (Å²) in [7, 11) is 1.28. The molecule has 10 nitrogen and oxygen atoms in total. The third-order valence-electron chi connectivity index (χ3n) is 8.26. The van der Waals surface area contributed by atoms with Crippen LogP contribution in [-0.4, -0.2) is 65.8 Å². The number of ether oxygens (including phenoxy) is 3. The SMILES string of the molecule is COC(=O)[C@@H]1C[C@@H]2CN1C(=O)[C@H](C(C)(C)C)NC(=O)O[C@@H]1CC1CCCCCc1c([nH]c3ccccc3c1=O)O2. The molecule has 5 rings (SSSR count). The monoisotopic (exact) mass is 553 g/mol. The topological polar surface area (TPSA) is 127 Å². The normalized spacial score (nSPS) is 27.8. The molecule has 5 atom stereocenters. The maximum absolute atomic E-state index is 13.9. The molecule has 2 bridgehead atoms. The number of nitrogens with zero attached hydrogens (tertiary/aromatic N) is 1. The maximum atomic E-state index is 13.9. The highest BCUT2D eigenvalue weighted by molar-refractivity contribution is 5.91. The van der Waals surface area contributed by atoms with Gasteiger partial charge in [0.15, 0.2) is 11.3 Å². The number of rotatable bonds is 1. The zero-order valence-corrected chi connectivity index (χ0v) is 23.7. The molecule has 40 heavy (non-hydrogen) atoms. The summed E-state index contributed by atoms with van der Waals surface area (Å²) in [6.07, 6.45) is 3.85. The molecular weight excluding hydrogens is 514 g/mol. The third-order valence-corrected chi connectivity index (χ3v) is 8.26. The Morgan fingerprint density at radius 2 is 1.82 bits per heavy atom. The van der Waals surface area contributed by atoms with E-state index in [1.54, 1.807) is 6.07 Å². The average molecular weight is 554 g/mol. The molecule has 1 aliphatic carbocycles. The lowest BCUT2D eigenvalue weighted by atomic mass is 9.85. The van der Waals surface area contributed by atoms with Gasteiger partial charge in [0.2, 0.25) is 5.91 Å². The van der Waals surface area contributed by atoms with E-state index >= 15 is 0 Å². The molecule has 1 unspecified atom stereocenters. The van der Waals surface area contributed by atoms with E-state index in [1.165, 1.54) is 12.0 Å². The first-order chi connectivity index (χ1) is 19.1. The minimum Gasteiger partial charge on any atom is -0.473 e. The van der Waals surface area contributed by atoms with Gasteiger partial charge < -0.3 is 29.4 Å². The quantitative estimate of drug-likeness (QED) is 0.516. The average Bonchev–Trinajstić information content (AvgIpc) is 3.50. The van der Waals surface area contributed by atoms with Crippen molar-refractivity contribution in [1.29, 1.82) is 0 Å². The molecule has 1 saturated carbocycles. The second kappa shape index (κ2) is 11.1. The van der Waals surface area contributed by atoms with Crippen molar-refractivity contribution in [3.63, 3.8) is 0 Å². The Labute approximate surface area is 233 Å². The van der Waals surface area contributed by atoms with Crippen molar-refractivity contribution in [2.75, 3.05) is 13.7 Å². The first kappa shape index (κ1) is 28.0. The number of amides is 2. The van der Waals surface area contributed by atoms with Crippen LogP contribution in [-0.2, 0) is 25.5 Å². The van der Waals surface area contributed by atoms with Crippen LogP contribution >= 0.6 is 0 Å². The Balaban J connectivity index is 1.51. The fourth-order valence-corrected chi connectivity index (χ4v) is 5.89. The van der Waals surface area contributed by atoms with E-state index in [0.29, 0.717) is 34.7 Å². The first-order valence-corrected chi connectivity index (χ1v) is 14.2. The molecule has 2 aliphatic heterocycles. The van der Waals surface area contributed by atoms with Gasteiger partial charge in [0.05, 0.1) is 24.7 Å². The molecule has 2 amide bonds. The van der Waals surface area contributed by atoms with Crippen LogP contribution in [0.1, 0.15) is 64.9 Å². The van der Waals surface area contributed by atoms with E-state index in [9.17, 15) is 19.2 Å². The van der Waals surface area contributed by atoms with Gasteiger partial charge in [-0.15, -0.1) is 0 Å². The number of aromatic amines is 1. The van der Waals surface area contributed by atoms with E-state index in [4.69, 9.17) is 14.2 Å². The molecule has 0 spiro atoms. The second-order valence-corrected chi connectivity index (χ2v) is 12.3. The van der Waals surface area contributed by atoms with Crippen LogP contribution in [0.3, 0.4) is 0 Å². The molecule has 1 aromatic heterocycles. The molecule has 216 valence electrons. The van der Waals surface area contributed by atoms with Crippen LogP contribution in [0.5, 0.6) is 5.88 Å². The molecular formula is C30H39N3O7. The molecule has 1 aromatic carbocycles. The Bertz CT molecular complexity index is 1350. The minimum atomic E-state index is -0.932. The van der Waals surface area contributed by atoms with E-state index in [-0.39, 0.29) is 24.5 Å². The van der Waals surface area contributed by atoms with Crippen molar-refractivity contribution in [2.24, 2.45) is 11.3 Å². The molecule has 3 aliphatic rings. The van der Waals surface area contributed by atoms with Crippen molar-refractivity contribution >= 4 is 28.9 Å². The summed E-state index contributed by atoms with van der Waals surface area (Å²) < 4.78 is 17.1. The van der Waals surface area contributed by atoms with Gasteiger partial charge >= 0.3 is 12.1 Å². The Morgan fingerprint density at radius 3 is 2.58 bits per heavy atom. The van der Waals surface area contributed by atoms with E-state index in [1.807, 2.05) is 39.0 Å². The Morgan fingerprint density at radius 1 is 1.05 bits per heavy atom. The van der Waals surface area contributed by atoms with Gasteiger partial charge in [0.1, 0.15) is 24.3 Å². The summed E-state index contributed by atoms with van der Waals surface area (Å²) >= 11 is 0. The molecule has 10 heteroatoms. The predicted octanol–water partition coefficient (Wildman–Crippen LogP) is 3.70. The smallest absolute Gasteiger partial charge is 0.408 e. The van der Waals surface area contributed by atoms with E-state index < -0.39 is 41.6 Å². The number of fused-ring (bicyclic) bond motifs is 5. The van der Waals surface area contributed by atoms with Gasteiger partial charge in [0.25, 0.3) is 0 Å². The lowest BCUT2D eigenvalue weighted by molar-refractivity contribution is -0.152. The molecule has 0 radical (unpaired) electrons. The fourth-order valence-electron chi connectivity index (χ4n) is 5.89. The number of carbonyl (C=O) groups is 3. The number of methoxy groups -OCH3 is 1. The number of para-hydroxylation sites is 1. The predicted molar refractivity (Wildman–Crippen MR) is 148 cm³/mol. The number of esters is 1. The van der Waals surface area contributed by atoms with Gasteiger partial charge in [-0.2, -0.15) is 0 Å². The lowest BCUT2D eigenvalue weighted by Gasteiger charge is -2.34. The lowest BCUT2D eigenvalue weighted by Crippen LogP contribution is -2.57. The van der Waals surface area contributed by atoms with Gasteiger partial charge in [-0.05, 0) is 49.1 Å². The molecule has 2 aromatic rings. The van der Waals surface area contributed by atoms with Gasteiger partial charge in [-0.25, -0.2) is 9.59 Å². The number of pyridine rings is 1. The number of hydrogen-bond acceptors (Lipinski definition) is 7. The van der Waals surface area contributed by atoms with Crippen LogP contribution in [0.15, 0.2) is 29.1 Å². The Kier molecular flexibility index (Phi) is 7.79. The molecule has 2 N–H and O–H groups in total. The van der Waals surface area contributed by atoms with Crippen LogP contribution in [0.2, 0.25) is 0 Å². The van der Waals surface area contributed by atoms with Crippen molar-refractivity contribution < 1.29 is 28.6 Å². The van der Waals surface area contributed by atoms with Crippen LogP contribution in [0.25, 0.3) is 10.9 Å². The number of aromatic nitrogens is 1. The highest BCUT2D eigenvalue weighted by Crippen LogP contribution is 2.38. The Hall–Kier alpha value is -3.56. The van der Waals surface area contributed by atoms with Crippen LogP contribution in [0, 0.1) is 11.3 Å².